The molecule has 0 aromatic heterocycles. The van der Waals surface area contributed by atoms with E-state index in [4.69, 9.17) is 9.47 Å². The number of hydrogen-bond acceptors (Lipinski definition) is 4. The van der Waals surface area contributed by atoms with Gasteiger partial charge in [-0.3, -0.25) is 9.59 Å². The summed E-state index contributed by atoms with van der Waals surface area (Å²) in [6, 6.07) is 22.0. The normalized spacial score (nSPS) is 14.1. The molecule has 0 saturated heterocycles. The maximum absolute atomic E-state index is 13.7. The summed E-state index contributed by atoms with van der Waals surface area (Å²) in [5.41, 5.74) is 1.79. The first kappa shape index (κ1) is 26.2. The number of hydrogen-bond donors (Lipinski definition) is 1. The molecule has 194 valence electrons. The highest BCUT2D eigenvalue weighted by molar-refractivity contribution is 5.88. The SMILES string of the molecule is COc1cccc(CN(C(=O)COc2ccc(F)cc2)[C@H](Cc2ccccc2)C(=O)NC2CCCC2)c1. The van der Waals surface area contributed by atoms with Crippen molar-refractivity contribution in [3.05, 3.63) is 95.8 Å². The van der Waals surface area contributed by atoms with Crippen molar-refractivity contribution in [2.24, 2.45) is 0 Å². The first-order chi connectivity index (χ1) is 18.0. The van der Waals surface area contributed by atoms with Crippen LogP contribution in [0.3, 0.4) is 0 Å². The van der Waals surface area contributed by atoms with E-state index < -0.39 is 6.04 Å². The zero-order valence-electron chi connectivity index (χ0n) is 21.1. The van der Waals surface area contributed by atoms with Gasteiger partial charge < -0.3 is 19.7 Å². The summed E-state index contributed by atoms with van der Waals surface area (Å²) in [7, 11) is 1.59. The summed E-state index contributed by atoms with van der Waals surface area (Å²) in [5, 5.41) is 3.18. The zero-order valence-corrected chi connectivity index (χ0v) is 21.1. The molecule has 1 aliphatic rings. The molecule has 0 spiro atoms. The smallest absolute Gasteiger partial charge is 0.261 e. The topological polar surface area (TPSA) is 67.9 Å². The third-order valence-corrected chi connectivity index (χ3v) is 6.64. The number of nitrogens with one attached hydrogen (secondary N) is 1. The van der Waals surface area contributed by atoms with Crippen molar-refractivity contribution in [2.75, 3.05) is 13.7 Å². The Morgan fingerprint density at radius 1 is 0.946 bits per heavy atom. The lowest BCUT2D eigenvalue weighted by Gasteiger charge is -2.32. The third kappa shape index (κ3) is 7.56. The van der Waals surface area contributed by atoms with Gasteiger partial charge in [0.05, 0.1) is 7.11 Å². The molecule has 0 unspecified atom stereocenters. The van der Waals surface area contributed by atoms with E-state index >= 15 is 0 Å². The number of halogens is 1. The largest absolute Gasteiger partial charge is 0.497 e. The Hall–Kier alpha value is -3.87. The Kier molecular flexibility index (Phi) is 9.13. The highest BCUT2D eigenvalue weighted by Gasteiger charge is 2.32. The van der Waals surface area contributed by atoms with Crippen molar-refractivity contribution in [3.8, 4) is 11.5 Å². The van der Waals surface area contributed by atoms with Gasteiger partial charge in [0.15, 0.2) is 6.61 Å². The number of rotatable bonds is 11. The molecule has 1 saturated carbocycles. The molecular weight excluding hydrogens is 471 g/mol. The van der Waals surface area contributed by atoms with Crippen molar-refractivity contribution in [2.45, 2.75) is 50.7 Å². The number of benzene rings is 3. The predicted molar refractivity (Wildman–Crippen MR) is 140 cm³/mol. The molecule has 1 N–H and O–H groups in total. The molecule has 37 heavy (non-hydrogen) atoms. The lowest BCUT2D eigenvalue weighted by molar-refractivity contribution is -0.143. The molecule has 4 rings (SSSR count). The lowest BCUT2D eigenvalue weighted by Crippen LogP contribution is -2.53. The van der Waals surface area contributed by atoms with Crippen LogP contribution < -0.4 is 14.8 Å². The standard InChI is InChI=1S/C30H33FN2O4/c1-36-27-13-7-10-23(18-27)20-33(29(34)21-37-26-16-14-24(31)15-17-26)28(19-22-8-3-2-4-9-22)30(35)32-25-11-5-6-12-25/h2-4,7-10,13-18,25,28H,5-6,11-12,19-21H2,1H3,(H,32,35)/t28-/m1/s1. The molecule has 7 heteroatoms. The molecule has 3 aromatic carbocycles. The maximum Gasteiger partial charge on any atom is 0.261 e. The van der Waals surface area contributed by atoms with Gasteiger partial charge in [0.25, 0.3) is 5.91 Å². The highest BCUT2D eigenvalue weighted by Crippen LogP contribution is 2.21. The number of carbonyl (C=O) groups excluding carboxylic acids is 2. The third-order valence-electron chi connectivity index (χ3n) is 6.64. The van der Waals surface area contributed by atoms with Crippen LogP contribution in [0.5, 0.6) is 11.5 Å². The molecule has 3 aromatic rings. The lowest BCUT2D eigenvalue weighted by atomic mass is 10.0. The fraction of sp³-hybridized carbons (Fsp3) is 0.333. The Labute approximate surface area is 217 Å². The number of nitrogens with zero attached hydrogens (tertiary/aromatic N) is 1. The molecule has 0 radical (unpaired) electrons. The first-order valence-electron chi connectivity index (χ1n) is 12.7. The van der Waals surface area contributed by atoms with Crippen LogP contribution in [0.25, 0.3) is 0 Å². The number of methoxy groups -OCH3 is 1. The van der Waals surface area contributed by atoms with E-state index in [1.54, 1.807) is 12.0 Å². The Balaban J connectivity index is 1.61. The monoisotopic (exact) mass is 504 g/mol. The van der Waals surface area contributed by atoms with Gasteiger partial charge >= 0.3 is 0 Å². The van der Waals surface area contributed by atoms with Crippen LogP contribution in [0.15, 0.2) is 78.9 Å². The van der Waals surface area contributed by atoms with Gasteiger partial charge in [-0.1, -0.05) is 55.3 Å². The minimum absolute atomic E-state index is 0.120. The van der Waals surface area contributed by atoms with Gasteiger partial charge in [-0.25, -0.2) is 4.39 Å². The van der Waals surface area contributed by atoms with Crippen molar-refractivity contribution >= 4 is 11.8 Å². The van der Waals surface area contributed by atoms with E-state index in [-0.39, 0.29) is 36.8 Å². The van der Waals surface area contributed by atoms with Crippen LogP contribution in [-0.2, 0) is 22.6 Å². The fourth-order valence-electron chi connectivity index (χ4n) is 4.65. The molecule has 0 aliphatic heterocycles. The van der Waals surface area contributed by atoms with Gasteiger partial charge in [-0.15, -0.1) is 0 Å². The summed E-state index contributed by atoms with van der Waals surface area (Å²) in [6.45, 7) is -0.0734. The first-order valence-corrected chi connectivity index (χ1v) is 12.7. The van der Waals surface area contributed by atoms with Gasteiger partial charge in [0.2, 0.25) is 5.91 Å². The van der Waals surface area contributed by atoms with E-state index in [0.29, 0.717) is 17.9 Å². The van der Waals surface area contributed by atoms with Crippen LogP contribution >= 0.6 is 0 Å². The van der Waals surface area contributed by atoms with Crippen molar-refractivity contribution < 1.29 is 23.5 Å². The van der Waals surface area contributed by atoms with Gasteiger partial charge in [-0.05, 0) is 60.4 Å². The number of amides is 2. The minimum Gasteiger partial charge on any atom is -0.497 e. The zero-order chi connectivity index (χ0) is 26.0. The van der Waals surface area contributed by atoms with E-state index in [9.17, 15) is 14.0 Å². The fourth-order valence-corrected chi connectivity index (χ4v) is 4.65. The quantitative estimate of drug-likeness (QED) is 0.403. The average Bonchev–Trinajstić information content (AvgIpc) is 3.44. The molecule has 1 aliphatic carbocycles. The molecule has 1 fully saturated rings. The van der Waals surface area contributed by atoms with Gasteiger partial charge in [0.1, 0.15) is 23.4 Å². The van der Waals surface area contributed by atoms with E-state index in [1.165, 1.54) is 24.3 Å². The second-order valence-electron chi connectivity index (χ2n) is 9.31. The van der Waals surface area contributed by atoms with Crippen molar-refractivity contribution in [1.29, 1.82) is 0 Å². The van der Waals surface area contributed by atoms with Crippen LogP contribution in [0.4, 0.5) is 4.39 Å². The highest BCUT2D eigenvalue weighted by atomic mass is 19.1. The molecule has 2 amide bonds. The Morgan fingerprint density at radius 3 is 2.35 bits per heavy atom. The van der Waals surface area contributed by atoms with Crippen LogP contribution in [-0.4, -0.2) is 42.5 Å². The summed E-state index contributed by atoms with van der Waals surface area (Å²) in [5.74, 6) is 0.154. The van der Waals surface area contributed by atoms with Gasteiger partial charge in [-0.2, -0.15) is 0 Å². The second kappa shape index (κ2) is 12.9. The average molecular weight is 505 g/mol. The maximum atomic E-state index is 13.7. The van der Waals surface area contributed by atoms with Gasteiger partial charge in [0, 0.05) is 19.0 Å². The molecular formula is C30H33FN2O4. The van der Waals surface area contributed by atoms with E-state index in [0.717, 1.165) is 36.8 Å². The van der Waals surface area contributed by atoms with E-state index in [1.807, 2.05) is 54.6 Å². The predicted octanol–water partition coefficient (Wildman–Crippen LogP) is 4.91. The van der Waals surface area contributed by atoms with Crippen LogP contribution in [0, 0.1) is 5.82 Å². The number of carbonyl (C=O) groups is 2. The van der Waals surface area contributed by atoms with Crippen LogP contribution in [0.1, 0.15) is 36.8 Å². The minimum atomic E-state index is -0.737. The summed E-state index contributed by atoms with van der Waals surface area (Å²) >= 11 is 0. The molecule has 6 nitrogen and oxygen atoms in total. The van der Waals surface area contributed by atoms with Crippen LogP contribution in [0.2, 0.25) is 0 Å². The molecule has 0 heterocycles. The summed E-state index contributed by atoms with van der Waals surface area (Å²) in [4.78, 5) is 28.9. The Morgan fingerprint density at radius 2 is 1.65 bits per heavy atom. The van der Waals surface area contributed by atoms with Crippen molar-refractivity contribution in [3.63, 3.8) is 0 Å². The molecule has 1 atom stereocenters. The van der Waals surface area contributed by atoms with Crippen molar-refractivity contribution in [1.82, 2.24) is 10.2 Å². The Bertz CT molecular complexity index is 1160. The molecule has 0 bridgehead atoms. The second-order valence-corrected chi connectivity index (χ2v) is 9.31. The summed E-state index contributed by atoms with van der Waals surface area (Å²) in [6.07, 6.45) is 4.44. The number of ether oxygens (including phenoxy) is 2. The van der Waals surface area contributed by atoms with E-state index in [2.05, 4.69) is 5.32 Å². The summed E-state index contributed by atoms with van der Waals surface area (Å²) < 4.78 is 24.4.